The maximum absolute atomic E-state index is 12.7. The van der Waals surface area contributed by atoms with Crippen LogP contribution in [-0.4, -0.2) is 30.3 Å². The molecule has 0 radical (unpaired) electrons. The predicted octanol–water partition coefficient (Wildman–Crippen LogP) is 4.12. The molecule has 168 valence electrons. The van der Waals surface area contributed by atoms with Crippen molar-refractivity contribution in [2.24, 2.45) is 5.10 Å². The number of benzene rings is 2. The minimum Gasteiger partial charge on any atom is -0.278 e. The lowest BCUT2D eigenvalue weighted by molar-refractivity contribution is 0.0956. The molecular weight excluding hydrogens is 458 g/mol. The van der Waals surface area contributed by atoms with Gasteiger partial charge in [-0.25, -0.2) is 18.5 Å². The number of thiophene rings is 1. The molecule has 2 aromatic heterocycles. The van der Waals surface area contributed by atoms with Crippen LogP contribution in [0.3, 0.4) is 0 Å². The highest BCUT2D eigenvalue weighted by molar-refractivity contribution is 7.94. The van der Waals surface area contributed by atoms with E-state index in [0.717, 1.165) is 34.0 Å². The number of hydrazone groups is 1. The quantitative estimate of drug-likeness (QED) is 0.307. The Kier molecular flexibility index (Phi) is 6.38. The first-order chi connectivity index (χ1) is 15.9. The number of nitrogens with one attached hydrogen (secondary N) is 2. The van der Waals surface area contributed by atoms with E-state index in [1.165, 1.54) is 24.4 Å². The zero-order valence-corrected chi connectivity index (χ0v) is 19.5. The molecule has 2 heterocycles. The summed E-state index contributed by atoms with van der Waals surface area (Å²) in [5.41, 5.74) is 6.14. The number of rotatable bonds is 7. The minimum absolute atomic E-state index is 0.156. The zero-order valence-electron chi connectivity index (χ0n) is 17.9. The van der Waals surface area contributed by atoms with Crippen LogP contribution in [0.25, 0.3) is 5.69 Å². The first-order valence-electron chi connectivity index (χ1n) is 9.97. The lowest BCUT2D eigenvalue weighted by Gasteiger charge is -2.10. The molecule has 8 nitrogen and oxygen atoms in total. The Labute approximate surface area is 195 Å². The van der Waals surface area contributed by atoms with Gasteiger partial charge in [0.1, 0.15) is 4.21 Å². The van der Waals surface area contributed by atoms with Gasteiger partial charge >= 0.3 is 0 Å². The van der Waals surface area contributed by atoms with Crippen molar-refractivity contribution in [1.29, 1.82) is 0 Å². The molecule has 4 rings (SSSR count). The van der Waals surface area contributed by atoms with Gasteiger partial charge in [0.05, 0.1) is 34.5 Å². The molecule has 0 atom stereocenters. The van der Waals surface area contributed by atoms with Crippen LogP contribution in [0.15, 0.2) is 81.4 Å². The van der Waals surface area contributed by atoms with Crippen LogP contribution in [-0.2, 0) is 10.0 Å². The number of hydrogen-bond donors (Lipinski definition) is 2. The van der Waals surface area contributed by atoms with Crippen molar-refractivity contribution in [3.63, 3.8) is 0 Å². The highest BCUT2D eigenvalue weighted by Crippen LogP contribution is 2.23. The van der Waals surface area contributed by atoms with Gasteiger partial charge in [0.2, 0.25) is 0 Å². The second-order valence-electron chi connectivity index (χ2n) is 7.11. The Hall–Kier alpha value is -3.76. The summed E-state index contributed by atoms with van der Waals surface area (Å²) >= 11 is 1.10. The molecule has 33 heavy (non-hydrogen) atoms. The molecule has 0 saturated heterocycles. The number of aromatic nitrogens is 2. The summed E-state index contributed by atoms with van der Waals surface area (Å²) < 4.78 is 29.6. The normalized spacial score (nSPS) is 11.6. The van der Waals surface area contributed by atoms with Crippen LogP contribution in [0, 0.1) is 13.8 Å². The number of carbonyl (C=O) groups is 1. The lowest BCUT2D eigenvalue weighted by atomic mass is 10.2. The maximum Gasteiger partial charge on any atom is 0.273 e. The SMILES string of the molecule is Cc1nn(-c2ccccc2)c(C)c1/C=N\NC(=O)c1ccccc1NS(=O)(=O)c1cccs1. The van der Waals surface area contributed by atoms with Gasteiger partial charge in [-0.15, -0.1) is 11.3 Å². The monoisotopic (exact) mass is 479 g/mol. The Bertz CT molecular complexity index is 1410. The van der Waals surface area contributed by atoms with Gasteiger partial charge in [-0.05, 0) is 49.6 Å². The molecule has 4 aromatic rings. The predicted molar refractivity (Wildman–Crippen MR) is 130 cm³/mol. The lowest BCUT2D eigenvalue weighted by Crippen LogP contribution is -2.21. The molecule has 0 spiro atoms. The fourth-order valence-electron chi connectivity index (χ4n) is 3.26. The number of amides is 1. The summed E-state index contributed by atoms with van der Waals surface area (Å²) in [5, 5.41) is 10.3. The van der Waals surface area contributed by atoms with Crippen LogP contribution in [0.2, 0.25) is 0 Å². The summed E-state index contributed by atoms with van der Waals surface area (Å²) in [6, 6.07) is 19.2. The third kappa shape index (κ3) is 4.86. The van der Waals surface area contributed by atoms with E-state index in [1.807, 2.05) is 48.9 Å². The van der Waals surface area contributed by atoms with Gasteiger partial charge in [-0.1, -0.05) is 36.4 Å². The molecule has 2 aromatic carbocycles. The summed E-state index contributed by atoms with van der Waals surface area (Å²) in [7, 11) is -3.79. The van der Waals surface area contributed by atoms with Crippen molar-refractivity contribution >= 4 is 39.2 Å². The van der Waals surface area contributed by atoms with Crippen molar-refractivity contribution in [1.82, 2.24) is 15.2 Å². The zero-order chi connectivity index (χ0) is 23.4. The van der Waals surface area contributed by atoms with Gasteiger partial charge in [-0.2, -0.15) is 10.2 Å². The summed E-state index contributed by atoms with van der Waals surface area (Å²) in [6.07, 6.45) is 1.54. The Morgan fingerprint density at radius 2 is 1.76 bits per heavy atom. The number of carbonyl (C=O) groups excluding carboxylic acids is 1. The summed E-state index contributed by atoms with van der Waals surface area (Å²) in [5.74, 6) is -0.540. The van der Waals surface area contributed by atoms with Crippen molar-refractivity contribution in [2.45, 2.75) is 18.1 Å². The largest absolute Gasteiger partial charge is 0.278 e. The van der Waals surface area contributed by atoms with Gasteiger partial charge in [-0.3, -0.25) is 9.52 Å². The van der Waals surface area contributed by atoms with E-state index in [4.69, 9.17) is 0 Å². The second kappa shape index (κ2) is 9.39. The minimum atomic E-state index is -3.79. The second-order valence-corrected chi connectivity index (χ2v) is 9.97. The van der Waals surface area contributed by atoms with E-state index in [0.29, 0.717) is 0 Å². The van der Waals surface area contributed by atoms with E-state index in [-0.39, 0.29) is 15.5 Å². The summed E-state index contributed by atoms with van der Waals surface area (Å²) in [6.45, 7) is 3.79. The fraction of sp³-hybridized carbons (Fsp3) is 0.0870. The molecule has 1 amide bonds. The van der Waals surface area contributed by atoms with E-state index in [1.54, 1.807) is 23.6 Å². The van der Waals surface area contributed by atoms with Crippen LogP contribution < -0.4 is 10.1 Å². The maximum atomic E-state index is 12.7. The van der Waals surface area contributed by atoms with Crippen LogP contribution in [0.1, 0.15) is 27.3 Å². The van der Waals surface area contributed by atoms with E-state index >= 15 is 0 Å². The molecule has 0 bridgehead atoms. The number of sulfonamides is 1. The average molecular weight is 480 g/mol. The van der Waals surface area contributed by atoms with Crippen LogP contribution >= 0.6 is 11.3 Å². The number of hydrogen-bond acceptors (Lipinski definition) is 6. The standard InChI is InChI=1S/C23H21N5O3S2/c1-16-20(17(2)28(26-16)18-9-4-3-5-10-18)15-24-25-23(29)19-11-6-7-12-21(19)27-33(30,31)22-13-8-14-32-22/h3-15,27H,1-2H3,(H,25,29)/b24-15-. The molecule has 2 N–H and O–H groups in total. The molecular formula is C23H21N5O3S2. The average Bonchev–Trinajstić information content (AvgIpc) is 3.45. The molecule has 0 aliphatic rings. The third-order valence-corrected chi connectivity index (χ3v) is 7.65. The third-order valence-electron chi connectivity index (χ3n) is 4.88. The smallest absolute Gasteiger partial charge is 0.273 e. The Morgan fingerprint density at radius 1 is 1.03 bits per heavy atom. The highest BCUT2D eigenvalue weighted by atomic mass is 32.2. The molecule has 10 heteroatoms. The number of anilines is 1. The highest BCUT2D eigenvalue weighted by Gasteiger charge is 2.19. The van der Waals surface area contributed by atoms with E-state index < -0.39 is 15.9 Å². The van der Waals surface area contributed by atoms with Crippen molar-refractivity contribution in [2.75, 3.05) is 4.72 Å². The van der Waals surface area contributed by atoms with Gasteiger partial charge in [0, 0.05) is 5.56 Å². The topological polar surface area (TPSA) is 105 Å². The fourth-order valence-corrected chi connectivity index (χ4v) is 5.33. The van der Waals surface area contributed by atoms with Crippen molar-refractivity contribution in [3.8, 4) is 5.69 Å². The van der Waals surface area contributed by atoms with Gasteiger partial charge in [0.15, 0.2) is 0 Å². The molecule has 0 aliphatic carbocycles. The van der Waals surface area contributed by atoms with Crippen molar-refractivity contribution < 1.29 is 13.2 Å². The van der Waals surface area contributed by atoms with Crippen LogP contribution in [0.4, 0.5) is 5.69 Å². The molecule has 0 saturated carbocycles. The first-order valence-corrected chi connectivity index (χ1v) is 12.3. The number of para-hydroxylation sites is 2. The van der Waals surface area contributed by atoms with E-state index in [9.17, 15) is 13.2 Å². The number of nitrogens with zero attached hydrogens (tertiary/aromatic N) is 3. The van der Waals surface area contributed by atoms with Crippen LogP contribution in [0.5, 0.6) is 0 Å². The van der Waals surface area contributed by atoms with Crippen molar-refractivity contribution in [3.05, 3.63) is 94.6 Å². The van der Waals surface area contributed by atoms with Gasteiger partial charge in [0.25, 0.3) is 15.9 Å². The molecule has 0 unspecified atom stereocenters. The summed E-state index contributed by atoms with van der Waals surface area (Å²) in [4.78, 5) is 12.7. The molecule has 0 aliphatic heterocycles. The Morgan fingerprint density at radius 3 is 2.48 bits per heavy atom. The first kappa shape index (κ1) is 22.4. The number of aryl methyl sites for hydroxylation is 1. The van der Waals surface area contributed by atoms with E-state index in [2.05, 4.69) is 20.3 Å². The van der Waals surface area contributed by atoms with Gasteiger partial charge < -0.3 is 0 Å². The Balaban J connectivity index is 1.52. The molecule has 0 fully saturated rings.